The highest BCUT2D eigenvalue weighted by Gasteiger charge is 2.31. The van der Waals surface area contributed by atoms with E-state index in [4.69, 9.17) is 5.11 Å². The molecule has 2 N–H and O–H groups in total. The van der Waals surface area contributed by atoms with Gasteiger partial charge in [-0.15, -0.1) is 0 Å². The average Bonchev–Trinajstić information content (AvgIpc) is 2.29. The molecule has 6 heteroatoms. The number of alkyl halides is 3. The zero-order valence-electron chi connectivity index (χ0n) is 10.5. The summed E-state index contributed by atoms with van der Waals surface area (Å²) in [4.78, 5) is 11.0. The molecule has 1 amide bonds. The molecule has 0 aliphatic rings. The molecular weight excluding hydrogens is 259 g/mol. The maximum Gasteiger partial charge on any atom is 0.416 e. The number of rotatable bonds is 5. The quantitative estimate of drug-likeness (QED) is 0.812. The highest BCUT2D eigenvalue weighted by Crippen LogP contribution is 2.32. The van der Waals surface area contributed by atoms with Crippen molar-refractivity contribution in [2.45, 2.75) is 32.4 Å². The standard InChI is InChI=1S/C13H16F3NO2/c1-9(19)17-12-8-11(13(14,15)16)6-5-10(12)4-2-3-7-18/h5-6,8,18H,2-4,7H2,1H3,(H,17,19). The van der Waals surface area contributed by atoms with Gasteiger partial charge in [-0.2, -0.15) is 13.2 Å². The van der Waals surface area contributed by atoms with Crippen LogP contribution in [0, 0.1) is 0 Å². The highest BCUT2D eigenvalue weighted by atomic mass is 19.4. The second-order valence-electron chi connectivity index (χ2n) is 4.23. The molecule has 0 radical (unpaired) electrons. The summed E-state index contributed by atoms with van der Waals surface area (Å²) in [5.74, 6) is -0.414. The van der Waals surface area contributed by atoms with E-state index in [-0.39, 0.29) is 12.3 Å². The van der Waals surface area contributed by atoms with E-state index in [1.54, 1.807) is 0 Å². The van der Waals surface area contributed by atoms with E-state index >= 15 is 0 Å². The van der Waals surface area contributed by atoms with Crippen LogP contribution in [0.2, 0.25) is 0 Å². The van der Waals surface area contributed by atoms with E-state index in [9.17, 15) is 18.0 Å². The molecule has 0 aliphatic carbocycles. The molecule has 0 aliphatic heterocycles. The van der Waals surface area contributed by atoms with E-state index in [0.717, 1.165) is 12.1 Å². The van der Waals surface area contributed by atoms with Crippen molar-refractivity contribution in [3.8, 4) is 0 Å². The molecule has 1 rings (SSSR count). The van der Waals surface area contributed by atoms with Gasteiger partial charge in [0.05, 0.1) is 5.56 Å². The lowest BCUT2D eigenvalue weighted by Gasteiger charge is -2.13. The second-order valence-corrected chi connectivity index (χ2v) is 4.23. The van der Waals surface area contributed by atoms with Gasteiger partial charge in [0, 0.05) is 19.2 Å². The number of hydrogen-bond donors (Lipinski definition) is 2. The molecule has 1 aromatic rings. The van der Waals surface area contributed by atoms with Crippen LogP contribution in [-0.4, -0.2) is 17.6 Å². The third kappa shape index (κ3) is 4.90. The molecule has 3 nitrogen and oxygen atoms in total. The molecule has 0 atom stereocenters. The monoisotopic (exact) mass is 275 g/mol. The number of hydrogen-bond acceptors (Lipinski definition) is 2. The van der Waals surface area contributed by atoms with Crippen LogP contribution in [0.5, 0.6) is 0 Å². The Morgan fingerprint density at radius 3 is 2.53 bits per heavy atom. The lowest BCUT2D eigenvalue weighted by atomic mass is 10.0. The molecule has 0 aromatic heterocycles. The van der Waals surface area contributed by atoms with Gasteiger partial charge in [0.15, 0.2) is 0 Å². The van der Waals surface area contributed by atoms with Gasteiger partial charge < -0.3 is 10.4 Å². The van der Waals surface area contributed by atoms with E-state index < -0.39 is 17.6 Å². The van der Waals surface area contributed by atoms with Crippen LogP contribution < -0.4 is 5.32 Å². The third-order valence-corrected chi connectivity index (χ3v) is 2.60. The van der Waals surface area contributed by atoms with E-state index in [2.05, 4.69) is 5.32 Å². The molecule has 19 heavy (non-hydrogen) atoms. The fraction of sp³-hybridized carbons (Fsp3) is 0.462. The summed E-state index contributed by atoms with van der Waals surface area (Å²) in [6.45, 7) is 1.29. The van der Waals surface area contributed by atoms with Crippen molar-refractivity contribution in [1.82, 2.24) is 0 Å². The molecule has 0 fully saturated rings. The largest absolute Gasteiger partial charge is 0.416 e. The number of halogens is 3. The fourth-order valence-corrected chi connectivity index (χ4v) is 1.70. The smallest absolute Gasteiger partial charge is 0.396 e. The molecule has 0 heterocycles. The zero-order chi connectivity index (χ0) is 14.5. The highest BCUT2D eigenvalue weighted by molar-refractivity contribution is 5.89. The van der Waals surface area contributed by atoms with Crippen molar-refractivity contribution in [3.05, 3.63) is 29.3 Å². The van der Waals surface area contributed by atoms with Crippen molar-refractivity contribution in [2.75, 3.05) is 11.9 Å². The van der Waals surface area contributed by atoms with Gasteiger partial charge in [0.2, 0.25) is 5.91 Å². The van der Waals surface area contributed by atoms with E-state index in [1.807, 2.05) is 0 Å². The van der Waals surface area contributed by atoms with Crippen molar-refractivity contribution in [3.63, 3.8) is 0 Å². The van der Waals surface area contributed by atoms with Gasteiger partial charge in [-0.1, -0.05) is 6.07 Å². The lowest BCUT2D eigenvalue weighted by molar-refractivity contribution is -0.137. The summed E-state index contributed by atoms with van der Waals surface area (Å²) in [5.41, 5.74) is 0.0269. The molecular formula is C13H16F3NO2. The average molecular weight is 275 g/mol. The maximum atomic E-state index is 12.6. The van der Waals surface area contributed by atoms with Crippen molar-refractivity contribution >= 4 is 11.6 Å². The van der Waals surface area contributed by atoms with Crippen LogP contribution in [0.4, 0.5) is 18.9 Å². The summed E-state index contributed by atoms with van der Waals surface area (Å²) in [6, 6.07) is 3.31. The fourth-order valence-electron chi connectivity index (χ4n) is 1.70. The predicted octanol–water partition coefficient (Wildman–Crippen LogP) is 2.98. The number of nitrogens with one attached hydrogen (secondary N) is 1. The second kappa shape index (κ2) is 6.56. The number of benzene rings is 1. The Bertz CT molecular complexity index is 444. The maximum absolute atomic E-state index is 12.6. The van der Waals surface area contributed by atoms with Gasteiger partial charge in [0.25, 0.3) is 0 Å². The van der Waals surface area contributed by atoms with Gasteiger partial charge in [0.1, 0.15) is 0 Å². The SMILES string of the molecule is CC(=O)Nc1cc(C(F)(F)F)ccc1CCCCO. The van der Waals surface area contributed by atoms with Gasteiger partial charge in [-0.3, -0.25) is 4.79 Å². The number of anilines is 1. The van der Waals surface area contributed by atoms with E-state index in [0.29, 0.717) is 24.8 Å². The first-order chi connectivity index (χ1) is 8.84. The van der Waals surface area contributed by atoms with Crippen LogP contribution in [0.3, 0.4) is 0 Å². The predicted molar refractivity (Wildman–Crippen MR) is 65.8 cm³/mol. The number of aliphatic hydroxyl groups excluding tert-OH is 1. The van der Waals surface area contributed by atoms with Crippen LogP contribution in [0.25, 0.3) is 0 Å². The van der Waals surface area contributed by atoms with Crippen molar-refractivity contribution in [2.24, 2.45) is 0 Å². The van der Waals surface area contributed by atoms with Crippen molar-refractivity contribution < 1.29 is 23.1 Å². The summed E-state index contributed by atoms with van der Waals surface area (Å²) in [6.07, 6.45) is -2.71. The summed E-state index contributed by atoms with van der Waals surface area (Å²) in [5, 5.41) is 11.1. The van der Waals surface area contributed by atoms with Gasteiger partial charge >= 0.3 is 6.18 Å². The van der Waals surface area contributed by atoms with Crippen LogP contribution in [0.1, 0.15) is 30.9 Å². The molecule has 0 saturated carbocycles. The summed E-state index contributed by atoms with van der Waals surface area (Å²) >= 11 is 0. The number of amides is 1. The Morgan fingerprint density at radius 1 is 1.32 bits per heavy atom. The van der Waals surface area contributed by atoms with Crippen LogP contribution in [0.15, 0.2) is 18.2 Å². The molecule has 0 saturated heterocycles. The number of carbonyl (C=O) groups excluding carboxylic acids is 1. The molecule has 0 spiro atoms. The Kier molecular flexibility index (Phi) is 5.35. The number of unbranched alkanes of at least 4 members (excludes halogenated alkanes) is 1. The first-order valence-corrected chi connectivity index (χ1v) is 5.93. The normalized spacial score (nSPS) is 11.4. The summed E-state index contributed by atoms with van der Waals surface area (Å²) < 4.78 is 37.8. The minimum absolute atomic E-state index is 0.0378. The third-order valence-electron chi connectivity index (χ3n) is 2.60. The minimum Gasteiger partial charge on any atom is -0.396 e. The molecule has 0 unspecified atom stereocenters. The zero-order valence-corrected chi connectivity index (χ0v) is 10.5. The lowest BCUT2D eigenvalue weighted by Crippen LogP contribution is -2.11. The first-order valence-electron chi connectivity index (χ1n) is 5.93. The Hall–Kier alpha value is -1.56. The number of aliphatic hydroxyl groups is 1. The van der Waals surface area contributed by atoms with Crippen molar-refractivity contribution in [1.29, 1.82) is 0 Å². The van der Waals surface area contributed by atoms with Gasteiger partial charge in [-0.05, 0) is 37.0 Å². The topological polar surface area (TPSA) is 49.3 Å². The molecule has 0 bridgehead atoms. The van der Waals surface area contributed by atoms with Gasteiger partial charge in [-0.25, -0.2) is 0 Å². The van der Waals surface area contributed by atoms with E-state index in [1.165, 1.54) is 13.0 Å². The first kappa shape index (κ1) is 15.5. The number of aryl methyl sites for hydroxylation is 1. The van der Waals surface area contributed by atoms with Crippen LogP contribution >= 0.6 is 0 Å². The Balaban J connectivity index is 2.99. The minimum atomic E-state index is -4.43. The Labute approximate surface area is 109 Å². The Morgan fingerprint density at radius 2 is 2.00 bits per heavy atom. The summed E-state index contributed by atoms with van der Waals surface area (Å²) in [7, 11) is 0. The number of carbonyl (C=O) groups is 1. The molecule has 1 aromatic carbocycles. The van der Waals surface area contributed by atoms with Crippen LogP contribution in [-0.2, 0) is 17.4 Å². The molecule has 106 valence electrons.